The molecule has 0 bridgehead atoms. The zero-order valence-electron chi connectivity index (χ0n) is 15.8. The average molecular weight is 377 g/mol. The van der Waals surface area contributed by atoms with Crippen LogP contribution in [0.1, 0.15) is 17.5 Å². The van der Waals surface area contributed by atoms with E-state index in [9.17, 15) is 8.78 Å². The van der Waals surface area contributed by atoms with Crippen LogP contribution in [-0.4, -0.2) is 33.8 Å². The van der Waals surface area contributed by atoms with E-state index in [4.69, 9.17) is 9.47 Å². The highest BCUT2D eigenvalue weighted by Crippen LogP contribution is 2.27. The van der Waals surface area contributed by atoms with Crippen molar-refractivity contribution < 1.29 is 18.3 Å². The van der Waals surface area contributed by atoms with Crippen LogP contribution >= 0.6 is 0 Å². The Balaban J connectivity index is 1.79. The molecule has 7 heteroatoms. The summed E-state index contributed by atoms with van der Waals surface area (Å²) in [6.45, 7) is 0.832. The van der Waals surface area contributed by atoms with Crippen LogP contribution in [0.4, 0.5) is 8.78 Å². The van der Waals surface area contributed by atoms with E-state index < -0.39 is 11.6 Å². The zero-order valence-corrected chi connectivity index (χ0v) is 15.8. The van der Waals surface area contributed by atoms with Crippen molar-refractivity contribution >= 4 is 5.96 Å². The summed E-state index contributed by atoms with van der Waals surface area (Å²) in [6.07, 6.45) is 1.72. The Morgan fingerprint density at radius 2 is 1.78 bits per heavy atom. The fourth-order valence-corrected chi connectivity index (χ4v) is 2.61. The Kier molecular flexibility index (Phi) is 7.85. The summed E-state index contributed by atoms with van der Waals surface area (Å²) >= 11 is 0. The molecule has 0 radical (unpaired) electrons. The monoisotopic (exact) mass is 377 g/mol. The van der Waals surface area contributed by atoms with Crippen LogP contribution < -0.4 is 20.1 Å². The molecule has 0 saturated heterocycles. The smallest absolute Gasteiger partial charge is 0.191 e. The average Bonchev–Trinajstić information content (AvgIpc) is 2.69. The van der Waals surface area contributed by atoms with E-state index in [1.54, 1.807) is 21.3 Å². The van der Waals surface area contributed by atoms with E-state index in [2.05, 4.69) is 15.6 Å². The van der Waals surface area contributed by atoms with Crippen molar-refractivity contribution in [1.82, 2.24) is 10.6 Å². The number of rotatable bonds is 8. The molecule has 27 heavy (non-hydrogen) atoms. The van der Waals surface area contributed by atoms with Gasteiger partial charge < -0.3 is 20.1 Å². The number of hydrogen-bond acceptors (Lipinski definition) is 3. The standard InChI is InChI=1S/C20H25F2N3O2/c1-23-20(25-13-15-12-16(21)7-8-17(15)22)24-10-4-5-14-6-9-18(26-2)19(11-14)27-3/h6-9,11-12H,4-5,10,13H2,1-3H3,(H2,23,24,25). The number of nitrogens with one attached hydrogen (secondary N) is 2. The maximum atomic E-state index is 13.6. The molecule has 0 amide bonds. The summed E-state index contributed by atoms with van der Waals surface area (Å²) in [5, 5.41) is 6.14. The molecule has 0 unspecified atom stereocenters. The molecule has 0 aliphatic heterocycles. The van der Waals surface area contributed by atoms with Crippen molar-refractivity contribution in [2.45, 2.75) is 19.4 Å². The van der Waals surface area contributed by atoms with E-state index in [0.717, 1.165) is 30.5 Å². The van der Waals surface area contributed by atoms with E-state index >= 15 is 0 Å². The highest BCUT2D eigenvalue weighted by molar-refractivity contribution is 5.79. The largest absolute Gasteiger partial charge is 0.493 e. The number of ether oxygens (including phenoxy) is 2. The molecule has 0 fully saturated rings. The first-order valence-corrected chi connectivity index (χ1v) is 8.66. The zero-order chi connectivity index (χ0) is 19.6. The maximum Gasteiger partial charge on any atom is 0.191 e. The second kappa shape index (κ2) is 10.4. The molecule has 2 aromatic carbocycles. The van der Waals surface area contributed by atoms with Crippen LogP contribution in [0.2, 0.25) is 0 Å². The first kappa shape index (κ1) is 20.5. The summed E-state index contributed by atoms with van der Waals surface area (Å²) in [4.78, 5) is 4.09. The fraction of sp³-hybridized carbons (Fsp3) is 0.350. The third-order valence-corrected chi connectivity index (χ3v) is 4.06. The Hall–Kier alpha value is -2.83. The number of aliphatic imine (C=N–C) groups is 1. The highest BCUT2D eigenvalue weighted by atomic mass is 19.1. The van der Waals surface area contributed by atoms with Gasteiger partial charge in [0.05, 0.1) is 14.2 Å². The van der Waals surface area contributed by atoms with Gasteiger partial charge in [0.15, 0.2) is 17.5 Å². The topological polar surface area (TPSA) is 54.9 Å². The minimum Gasteiger partial charge on any atom is -0.493 e. The van der Waals surface area contributed by atoms with Gasteiger partial charge in [-0.1, -0.05) is 6.07 Å². The van der Waals surface area contributed by atoms with Gasteiger partial charge in [-0.15, -0.1) is 0 Å². The summed E-state index contributed by atoms with van der Waals surface area (Å²) in [7, 11) is 4.85. The Morgan fingerprint density at radius 3 is 2.48 bits per heavy atom. The number of halogens is 2. The van der Waals surface area contributed by atoms with Gasteiger partial charge in [0.2, 0.25) is 0 Å². The van der Waals surface area contributed by atoms with Crippen LogP contribution in [-0.2, 0) is 13.0 Å². The molecule has 0 aliphatic carbocycles. The molecule has 0 saturated carbocycles. The number of methoxy groups -OCH3 is 2. The van der Waals surface area contributed by atoms with Crippen molar-refractivity contribution in [3.63, 3.8) is 0 Å². The molecule has 2 N–H and O–H groups in total. The van der Waals surface area contributed by atoms with E-state index in [1.807, 2.05) is 18.2 Å². The van der Waals surface area contributed by atoms with Crippen molar-refractivity contribution in [1.29, 1.82) is 0 Å². The minimum absolute atomic E-state index is 0.152. The van der Waals surface area contributed by atoms with Gasteiger partial charge in [-0.05, 0) is 48.7 Å². The maximum absolute atomic E-state index is 13.6. The third-order valence-electron chi connectivity index (χ3n) is 4.06. The molecule has 0 aromatic heterocycles. The summed E-state index contributed by atoms with van der Waals surface area (Å²) in [5.41, 5.74) is 1.39. The van der Waals surface area contributed by atoms with Crippen molar-refractivity contribution in [2.24, 2.45) is 4.99 Å². The van der Waals surface area contributed by atoms with Gasteiger partial charge in [0, 0.05) is 25.7 Å². The SMILES string of the molecule is CN=C(NCCCc1ccc(OC)c(OC)c1)NCc1cc(F)ccc1F. The lowest BCUT2D eigenvalue weighted by Gasteiger charge is -2.13. The fourth-order valence-electron chi connectivity index (χ4n) is 2.61. The molecule has 0 atom stereocenters. The lowest BCUT2D eigenvalue weighted by Crippen LogP contribution is -2.37. The predicted octanol–water partition coefficient (Wildman–Crippen LogP) is 3.28. The number of hydrogen-bond donors (Lipinski definition) is 2. The number of nitrogens with zero attached hydrogens (tertiary/aromatic N) is 1. The molecule has 146 valence electrons. The van der Waals surface area contributed by atoms with Crippen LogP contribution in [0, 0.1) is 11.6 Å². The molecule has 5 nitrogen and oxygen atoms in total. The molecule has 2 aromatic rings. The first-order valence-electron chi connectivity index (χ1n) is 8.66. The quantitative estimate of drug-likeness (QED) is 0.421. The lowest BCUT2D eigenvalue weighted by atomic mass is 10.1. The van der Waals surface area contributed by atoms with Gasteiger partial charge in [-0.25, -0.2) is 8.78 Å². The van der Waals surface area contributed by atoms with Crippen molar-refractivity contribution in [3.8, 4) is 11.5 Å². The summed E-state index contributed by atoms with van der Waals surface area (Å²) in [6, 6.07) is 9.23. The van der Waals surface area contributed by atoms with Gasteiger partial charge >= 0.3 is 0 Å². The molecule has 0 aliphatic rings. The minimum atomic E-state index is -0.467. The van der Waals surface area contributed by atoms with Crippen molar-refractivity contribution in [2.75, 3.05) is 27.8 Å². The highest BCUT2D eigenvalue weighted by Gasteiger charge is 2.06. The number of benzene rings is 2. The summed E-state index contributed by atoms with van der Waals surface area (Å²) < 4.78 is 37.4. The van der Waals surface area contributed by atoms with Gasteiger partial charge in [-0.3, -0.25) is 4.99 Å². The Bertz CT molecular complexity index is 782. The van der Waals surface area contributed by atoms with E-state index in [0.29, 0.717) is 24.0 Å². The Labute approximate surface area is 158 Å². The second-order valence-electron chi connectivity index (χ2n) is 5.88. The Morgan fingerprint density at radius 1 is 1.00 bits per heavy atom. The summed E-state index contributed by atoms with van der Waals surface area (Å²) in [5.74, 6) is 1.02. The lowest BCUT2D eigenvalue weighted by molar-refractivity contribution is 0.354. The predicted molar refractivity (Wildman–Crippen MR) is 102 cm³/mol. The van der Waals surface area contributed by atoms with Gasteiger partial charge in [0.25, 0.3) is 0 Å². The van der Waals surface area contributed by atoms with Crippen LogP contribution in [0.25, 0.3) is 0 Å². The van der Waals surface area contributed by atoms with Gasteiger partial charge in [-0.2, -0.15) is 0 Å². The normalized spacial score (nSPS) is 11.2. The molecular formula is C20H25F2N3O2. The first-order chi connectivity index (χ1) is 13.1. The second-order valence-corrected chi connectivity index (χ2v) is 5.88. The molecule has 0 heterocycles. The molecular weight excluding hydrogens is 352 g/mol. The van der Waals surface area contributed by atoms with Crippen LogP contribution in [0.5, 0.6) is 11.5 Å². The van der Waals surface area contributed by atoms with E-state index in [-0.39, 0.29) is 12.1 Å². The number of aryl methyl sites for hydroxylation is 1. The van der Waals surface area contributed by atoms with Crippen LogP contribution in [0.15, 0.2) is 41.4 Å². The number of guanidine groups is 1. The van der Waals surface area contributed by atoms with Crippen molar-refractivity contribution in [3.05, 3.63) is 59.2 Å². The van der Waals surface area contributed by atoms with Crippen LogP contribution in [0.3, 0.4) is 0 Å². The molecule has 2 rings (SSSR count). The third kappa shape index (κ3) is 6.13. The molecule has 0 spiro atoms. The van der Waals surface area contributed by atoms with E-state index in [1.165, 1.54) is 6.07 Å². The van der Waals surface area contributed by atoms with Gasteiger partial charge in [0.1, 0.15) is 11.6 Å².